The number of hydrogen-bond donors (Lipinski definition) is 1. The van der Waals surface area contributed by atoms with E-state index in [0.717, 1.165) is 23.2 Å². The first kappa shape index (κ1) is 16.5. The van der Waals surface area contributed by atoms with Crippen molar-refractivity contribution < 1.29 is 9.53 Å². The summed E-state index contributed by atoms with van der Waals surface area (Å²) in [6.45, 7) is 0. The topological polar surface area (TPSA) is 38.3 Å². The first-order chi connectivity index (χ1) is 12.1. The minimum absolute atomic E-state index is 0.145. The molecule has 3 nitrogen and oxygen atoms in total. The van der Waals surface area contributed by atoms with Crippen LogP contribution in [0.2, 0.25) is 10.0 Å². The summed E-state index contributed by atoms with van der Waals surface area (Å²) < 4.78 is 4.85. The Morgan fingerprint density at radius 1 is 1.16 bits per heavy atom. The quantitative estimate of drug-likeness (QED) is 0.549. The third-order valence-electron chi connectivity index (χ3n) is 5.09. The number of methoxy groups -OCH3 is 1. The van der Waals surface area contributed by atoms with Gasteiger partial charge in [-0.1, -0.05) is 41.4 Å². The van der Waals surface area contributed by atoms with Gasteiger partial charge in [0.15, 0.2) is 0 Å². The first-order valence-electron chi connectivity index (χ1n) is 8.19. The molecule has 0 aromatic heterocycles. The van der Waals surface area contributed by atoms with Gasteiger partial charge in [-0.25, -0.2) is 4.79 Å². The Kier molecular flexibility index (Phi) is 4.22. The number of nitrogens with one attached hydrogen (secondary N) is 1. The molecule has 5 heteroatoms. The van der Waals surface area contributed by atoms with Gasteiger partial charge >= 0.3 is 5.97 Å². The summed E-state index contributed by atoms with van der Waals surface area (Å²) in [5.41, 5.74) is 3.88. The third-order valence-corrected chi connectivity index (χ3v) is 5.83. The molecule has 0 unspecified atom stereocenters. The lowest BCUT2D eigenvalue weighted by molar-refractivity contribution is 0.0600. The van der Waals surface area contributed by atoms with Gasteiger partial charge in [-0.2, -0.15) is 0 Å². The van der Waals surface area contributed by atoms with E-state index in [0.29, 0.717) is 21.5 Å². The summed E-state index contributed by atoms with van der Waals surface area (Å²) >= 11 is 12.3. The van der Waals surface area contributed by atoms with E-state index in [1.54, 1.807) is 6.07 Å². The minimum Gasteiger partial charge on any atom is -0.465 e. The Labute approximate surface area is 156 Å². The Morgan fingerprint density at radius 3 is 2.76 bits per heavy atom. The Morgan fingerprint density at radius 2 is 2.00 bits per heavy atom. The van der Waals surface area contributed by atoms with Crippen molar-refractivity contribution in [1.29, 1.82) is 0 Å². The summed E-state index contributed by atoms with van der Waals surface area (Å²) in [7, 11) is 1.40. The molecule has 2 aliphatic rings. The summed E-state index contributed by atoms with van der Waals surface area (Å²) in [4.78, 5) is 11.9. The molecule has 0 fully saturated rings. The number of ether oxygens (including phenoxy) is 1. The number of benzene rings is 2. The monoisotopic (exact) mass is 373 g/mol. The van der Waals surface area contributed by atoms with Crippen LogP contribution < -0.4 is 5.32 Å². The van der Waals surface area contributed by atoms with Gasteiger partial charge in [0.25, 0.3) is 0 Å². The minimum atomic E-state index is -0.312. The highest BCUT2D eigenvalue weighted by atomic mass is 35.5. The molecule has 0 spiro atoms. The number of esters is 1. The lowest BCUT2D eigenvalue weighted by Crippen LogP contribution is -2.29. The number of carbonyl (C=O) groups excluding carboxylic acids is 1. The first-order valence-corrected chi connectivity index (χ1v) is 8.94. The molecule has 2 aromatic carbocycles. The van der Waals surface area contributed by atoms with Crippen molar-refractivity contribution in [3.05, 3.63) is 75.3 Å². The van der Waals surface area contributed by atoms with E-state index < -0.39 is 0 Å². The predicted octanol–water partition coefficient (Wildman–Crippen LogP) is 5.61. The maximum atomic E-state index is 11.9. The zero-order valence-corrected chi connectivity index (χ0v) is 15.1. The molecular weight excluding hydrogens is 357 g/mol. The molecule has 2 aromatic rings. The Balaban J connectivity index is 1.75. The van der Waals surface area contributed by atoms with Gasteiger partial charge in [-0.3, -0.25) is 0 Å². The molecule has 128 valence electrons. The smallest absolute Gasteiger partial charge is 0.337 e. The van der Waals surface area contributed by atoms with Crippen LogP contribution in [0.3, 0.4) is 0 Å². The molecule has 1 aliphatic carbocycles. The molecule has 0 bridgehead atoms. The lowest BCUT2D eigenvalue weighted by atomic mass is 9.76. The van der Waals surface area contributed by atoms with Crippen LogP contribution >= 0.6 is 23.2 Å². The second-order valence-corrected chi connectivity index (χ2v) is 7.26. The molecule has 25 heavy (non-hydrogen) atoms. The fraction of sp³-hybridized carbons (Fsp3) is 0.250. The van der Waals surface area contributed by atoms with Gasteiger partial charge in [-0.05, 0) is 53.8 Å². The number of rotatable bonds is 2. The van der Waals surface area contributed by atoms with E-state index in [2.05, 4.69) is 17.5 Å². The largest absolute Gasteiger partial charge is 0.465 e. The van der Waals surface area contributed by atoms with E-state index in [9.17, 15) is 4.79 Å². The van der Waals surface area contributed by atoms with Crippen molar-refractivity contribution in [2.45, 2.75) is 18.4 Å². The second-order valence-electron chi connectivity index (χ2n) is 6.44. The number of allylic oxidation sites excluding steroid dienone is 2. The summed E-state index contributed by atoms with van der Waals surface area (Å²) in [6.07, 6.45) is 5.42. The third kappa shape index (κ3) is 2.82. The van der Waals surface area contributed by atoms with Gasteiger partial charge in [0.05, 0.1) is 28.8 Å². The zero-order valence-electron chi connectivity index (χ0n) is 13.6. The van der Waals surface area contributed by atoms with Crippen molar-refractivity contribution in [3.8, 4) is 0 Å². The molecular formula is C20H17Cl2NO2. The van der Waals surface area contributed by atoms with Crippen LogP contribution in [-0.4, -0.2) is 13.1 Å². The van der Waals surface area contributed by atoms with Crippen LogP contribution in [0.4, 0.5) is 5.69 Å². The molecule has 1 N–H and O–H groups in total. The summed E-state index contributed by atoms with van der Waals surface area (Å²) in [5, 5.41) is 4.75. The normalized spacial score (nSPS) is 23.6. The molecule has 0 saturated heterocycles. The Hall–Kier alpha value is -1.97. The zero-order chi connectivity index (χ0) is 17.6. The molecule has 0 radical (unpaired) electrons. The van der Waals surface area contributed by atoms with Gasteiger partial charge in [0.2, 0.25) is 0 Å². The molecule has 1 heterocycles. The number of halogens is 2. The van der Waals surface area contributed by atoms with Crippen LogP contribution in [0.5, 0.6) is 0 Å². The number of fused-ring (bicyclic) bond motifs is 3. The molecule has 4 rings (SSSR count). The predicted molar refractivity (Wildman–Crippen MR) is 101 cm³/mol. The SMILES string of the molecule is COC(=O)c1ccc2c(c1)[C@@H]1C=CC[C@H]1[C@H](c1ccc(Cl)c(Cl)c1)N2. The summed E-state index contributed by atoms with van der Waals surface area (Å²) in [6, 6.07) is 11.6. The molecule has 3 atom stereocenters. The van der Waals surface area contributed by atoms with Crippen molar-refractivity contribution in [2.75, 3.05) is 12.4 Å². The lowest BCUT2D eigenvalue weighted by Gasteiger charge is -2.37. The van der Waals surface area contributed by atoms with Crippen LogP contribution in [0.25, 0.3) is 0 Å². The number of carbonyl (C=O) groups is 1. The fourth-order valence-electron chi connectivity index (χ4n) is 3.88. The van der Waals surface area contributed by atoms with E-state index in [-0.39, 0.29) is 17.9 Å². The van der Waals surface area contributed by atoms with Crippen LogP contribution in [0.1, 0.15) is 39.9 Å². The standard InChI is InChI=1S/C20H17Cl2NO2/c1-25-20(24)12-6-8-18-15(9-12)13-3-2-4-14(13)19(23-18)11-5-7-16(21)17(22)10-11/h2-3,5-10,13-14,19,23H,4H2,1H3/t13-,14-,19+/m1/s1. The van der Waals surface area contributed by atoms with Crippen LogP contribution in [-0.2, 0) is 4.74 Å². The van der Waals surface area contributed by atoms with E-state index in [1.807, 2.05) is 30.3 Å². The highest BCUT2D eigenvalue weighted by Gasteiger charge is 2.38. The van der Waals surface area contributed by atoms with Crippen molar-refractivity contribution in [3.63, 3.8) is 0 Å². The second kappa shape index (κ2) is 6.40. The highest BCUT2D eigenvalue weighted by Crippen LogP contribution is 2.50. The molecule has 0 saturated carbocycles. The van der Waals surface area contributed by atoms with E-state index in [1.165, 1.54) is 7.11 Å². The average Bonchev–Trinajstić information content (AvgIpc) is 3.12. The van der Waals surface area contributed by atoms with Gasteiger partial charge < -0.3 is 10.1 Å². The number of hydrogen-bond acceptors (Lipinski definition) is 3. The van der Waals surface area contributed by atoms with Crippen molar-refractivity contribution >= 4 is 34.9 Å². The average molecular weight is 374 g/mol. The maximum Gasteiger partial charge on any atom is 0.337 e. The van der Waals surface area contributed by atoms with Crippen LogP contribution in [0, 0.1) is 5.92 Å². The summed E-state index contributed by atoms with van der Waals surface area (Å²) in [5.74, 6) is 0.325. The van der Waals surface area contributed by atoms with E-state index >= 15 is 0 Å². The van der Waals surface area contributed by atoms with Gasteiger partial charge in [0, 0.05) is 11.6 Å². The van der Waals surface area contributed by atoms with Crippen molar-refractivity contribution in [2.24, 2.45) is 5.92 Å². The van der Waals surface area contributed by atoms with Gasteiger partial charge in [-0.15, -0.1) is 0 Å². The number of anilines is 1. The fourth-order valence-corrected chi connectivity index (χ4v) is 4.18. The Bertz CT molecular complexity index is 878. The van der Waals surface area contributed by atoms with Crippen LogP contribution in [0.15, 0.2) is 48.6 Å². The van der Waals surface area contributed by atoms with Crippen molar-refractivity contribution in [1.82, 2.24) is 0 Å². The maximum absolute atomic E-state index is 11.9. The molecule has 1 aliphatic heterocycles. The van der Waals surface area contributed by atoms with E-state index in [4.69, 9.17) is 27.9 Å². The van der Waals surface area contributed by atoms with Gasteiger partial charge in [0.1, 0.15) is 0 Å². The molecule has 0 amide bonds. The highest BCUT2D eigenvalue weighted by molar-refractivity contribution is 6.42.